The Balaban J connectivity index is 1.72. The van der Waals surface area contributed by atoms with Crippen molar-refractivity contribution < 1.29 is 4.74 Å². The van der Waals surface area contributed by atoms with Gasteiger partial charge in [0.15, 0.2) is 0 Å². The maximum absolute atomic E-state index is 5.76. The first kappa shape index (κ1) is 14.2. The number of hydrogen-bond acceptors (Lipinski definition) is 3. The van der Waals surface area contributed by atoms with Crippen molar-refractivity contribution in [3.63, 3.8) is 0 Å². The van der Waals surface area contributed by atoms with Crippen molar-refractivity contribution in [2.75, 3.05) is 25.9 Å². The molecule has 0 aromatic heterocycles. The average Bonchev–Trinajstić information content (AvgIpc) is 2.67. The van der Waals surface area contributed by atoms with Gasteiger partial charge < -0.3 is 15.4 Å². The minimum atomic E-state index is 0.733. The van der Waals surface area contributed by atoms with Crippen molar-refractivity contribution in [2.24, 2.45) is 0 Å². The highest BCUT2D eigenvalue weighted by Gasteiger charge is 2.16. The first-order valence-electron chi connectivity index (χ1n) is 7.44. The van der Waals surface area contributed by atoms with E-state index >= 15 is 0 Å². The second kappa shape index (κ2) is 7.39. The fourth-order valence-electron chi connectivity index (χ4n) is 2.79. The molecule has 1 aliphatic carbocycles. The van der Waals surface area contributed by atoms with E-state index in [9.17, 15) is 0 Å². The van der Waals surface area contributed by atoms with Gasteiger partial charge in [0.25, 0.3) is 0 Å². The lowest BCUT2D eigenvalue weighted by molar-refractivity contribution is 0.178. The van der Waals surface area contributed by atoms with Crippen molar-refractivity contribution in [3.05, 3.63) is 24.3 Å². The van der Waals surface area contributed by atoms with Gasteiger partial charge in [-0.2, -0.15) is 0 Å². The molecule has 19 heavy (non-hydrogen) atoms. The molecule has 3 nitrogen and oxygen atoms in total. The molecule has 3 heteroatoms. The summed E-state index contributed by atoms with van der Waals surface area (Å²) in [6.07, 6.45) is 8.26. The van der Waals surface area contributed by atoms with Crippen LogP contribution in [0.15, 0.2) is 24.3 Å². The average molecular weight is 262 g/mol. The Morgan fingerprint density at radius 2 is 1.95 bits per heavy atom. The largest absolute Gasteiger partial charge is 0.492 e. The number of benzene rings is 1. The minimum absolute atomic E-state index is 0.733. The fraction of sp³-hybridized carbons (Fsp3) is 0.625. The summed E-state index contributed by atoms with van der Waals surface area (Å²) in [5.41, 5.74) is 6.49. The first-order valence-corrected chi connectivity index (χ1v) is 7.44. The quantitative estimate of drug-likeness (QED) is 0.653. The molecule has 0 heterocycles. The summed E-state index contributed by atoms with van der Waals surface area (Å²) in [6, 6.07) is 8.39. The van der Waals surface area contributed by atoms with Crippen LogP contribution in [0.2, 0.25) is 0 Å². The van der Waals surface area contributed by atoms with E-state index in [1.807, 2.05) is 24.3 Å². The summed E-state index contributed by atoms with van der Waals surface area (Å²) >= 11 is 0. The molecule has 0 radical (unpaired) electrons. The number of nitrogen functional groups attached to an aromatic ring is 1. The molecule has 0 aliphatic heterocycles. The fourth-order valence-corrected chi connectivity index (χ4v) is 2.79. The molecule has 2 rings (SSSR count). The number of likely N-dealkylation sites (N-methyl/N-ethyl adjacent to an activating group) is 1. The molecule has 1 fully saturated rings. The third kappa shape index (κ3) is 4.75. The third-order valence-corrected chi connectivity index (χ3v) is 4.02. The van der Waals surface area contributed by atoms with E-state index in [2.05, 4.69) is 11.9 Å². The molecule has 0 unspecified atom stereocenters. The number of nitrogens with two attached hydrogens (primary N) is 1. The Kier molecular flexibility index (Phi) is 5.52. The van der Waals surface area contributed by atoms with E-state index in [0.29, 0.717) is 0 Å². The molecule has 1 aliphatic rings. The highest BCUT2D eigenvalue weighted by atomic mass is 16.5. The predicted molar refractivity (Wildman–Crippen MR) is 80.5 cm³/mol. The highest BCUT2D eigenvalue weighted by Crippen LogP contribution is 2.21. The van der Waals surface area contributed by atoms with Crippen LogP contribution in [0.3, 0.4) is 0 Å². The molecular weight excluding hydrogens is 236 g/mol. The Morgan fingerprint density at radius 1 is 1.21 bits per heavy atom. The minimum Gasteiger partial charge on any atom is -0.492 e. The van der Waals surface area contributed by atoms with Crippen LogP contribution < -0.4 is 10.5 Å². The molecule has 0 saturated heterocycles. The van der Waals surface area contributed by atoms with Crippen molar-refractivity contribution in [2.45, 2.75) is 44.6 Å². The number of ether oxygens (including phenoxy) is 1. The van der Waals surface area contributed by atoms with Gasteiger partial charge in [-0.25, -0.2) is 0 Å². The molecule has 0 atom stereocenters. The Hall–Kier alpha value is -1.22. The summed E-state index contributed by atoms with van der Waals surface area (Å²) < 4.78 is 5.76. The monoisotopic (exact) mass is 262 g/mol. The first-order chi connectivity index (χ1) is 9.25. The van der Waals surface area contributed by atoms with Gasteiger partial charge in [-0.3, -0.25) is 0 Å². The number of nitrogens with zero attached hydrogens (tertiary/aromatic N) is 1. The summed E-state index contributed by atoms with van der Waals surface area (Å²) in [6.45, 7) is 1.72. The molecule has 0 spiro atoms. The summed E-state index contributed by atoms with van der Waals surface area (Å²) in [7, 11) is 2.22. The van der Waals surface area contributed by atoms with Crippen LogP contribution >= 0.6 is 0 Å². The highest BCUT2D eigenvalue weighted by molar-refractivity contribution is 5.43. The molecule has 106 valence electrons. The smallest absolute Gasteiger partial charge is 0.121 e. The van der Waals surface area contributed by atoms with E-state index in [-0.39, 0.29) is 0 Å². The van der Waals surface area contributed by atoms with E-state index < -0.39 is 0 Å². The normalized spacial score (nSPS) is 17.4. The number of anilines is 1. The van der Waals surface area contributed by atoms with Gasteiger partial charge in [0.2, 0.25) is 0 Å². The van der Waals surface area contributed by atoms with Crippen LogP contribution in [0.1, 0.15) is 38.5 Å². The number of rotatable bonds is 5. The molecule has 1 aromatic carbocycles. The molecule has 1 saturated carbocycles. The van der Waals surface area contributed by atoms with E-state index in [4.69, 9.17) is 10.5 Å². The summed E-state index contributed by atoms with van der Waals surface area (Å²) in [5.74, 6) is 0.870. The van der Waals surface area contributed by atoms with E-state index in [1.54, 1.807) is 0 Å². The van der Waals surface area contributed by atoms with Crippen LogP contribution in [0.25, 0.3) is 0 Å². The van der Waals surface area contributed by atoms with Crippen molar-refractivity contribution >= 4 is 5.69 Å². The zero-order valence-electron chi connectivity index (χ0n) is 12.0. The second-order valence-corrected chi connectivity index (χ2v) is 5.55. The summed E-state index contributed by atoms with van der Waals surface area (Å²) in [5, 5.41) is 0. The van der Waals surface area contributed by atoms with Crippen LogP contribution in [-0.2, 0) is 0 Å². The van der Waals surface area contributed by atoms with Crippen LogP contribution in [0.5, 0.6) is 5.75 Å². The van der Waals surface area contributed by atoms with Crippen molar-refractivity contribution in [3.8, 4) is 5.75 Å². The lowest BCUT2D eigenvalue weighted by Crippen LogP contribution is -2.34. The zero-order chi connectivity index (χ0) is 13.5. The Morgan fingerprint density at radius 3 is 2.63 bits per heavy atom. The molecule has 0 bridgehead atoms. The van der Waals surface area contributed by atoms with Gasteiger partial charge in [0.05, 0.1) is 0 Å². The van der Waals surface area contributed by atoms with Crippen LogP contribution in [0, 0.1) is 0 Å². The molecule has 1 aromatic rings. The topological polar surface area (TPSA) is 38.5 Å². The van der Waals surface area contributed by atoms with Gasteiger partial charge in [0.1, 0.15) is 12.4 Å². The predicted octanol–water partition coefficient (Wildman–Crippen LogP) is 3.30. The van der Waals surface area contributed by atoms with Crippen molar-refractivity contribution in [1.82, 2.24) is 4.90 Å². The van der Waals surface area contributed by atoms with E-state index in [0.717, 1.165) is 30.6 Å². The Labute approximate surface area is 116 Å². The maximum Gasteiger partial charge on any atom is 0.121 e. The lowest BCUT2D eigenvalue weighted by atomic mass is 10.1. The molecule has 0 amide bonds. The van der Waals surface area contributed by atoms with Crippen molar-refractivity contribution in [1.29, 1.82) is 0 Å². The second-order valence-electron chi connectivity index (χ2n) is 5.55. The van der Waals surface area contributed by atoms with Gasteiger partial charge in [-0.1, -0.05) is 31.7 Å². The third-order valence-electron chi connectivity index (χ3n) is 4.02. The van der Waals surface area contributed by atoms with Gasteiger partial charge in [-0.05, 0) is 32.0 Å². The maximum atomic E-state index is 5.76. The standard InChI is InChI=1S/C16H26N2O/c1-18(15-8-4-2-3-5-9-15)11-12-19-16-10-6-7-14(17)13-16/h6-7,10,13,15H,2-5,8-9,11-12,17H2,1H3. The van der Waals surface area contributed by atoms with E-state index in [1.165, 1.54) is 38.5 Å². The summed E-state index contributed by atoms with van der Waals surface area (Å²) in [4.78, 5) is 2.46. The van der Waals surface area contributed by atoms with Crippen LogP contribution in [-0.4, -0.2) is 31.1 Å². The zero-order valence-corrected chi connectivity index (χ0v) is 12.0. The SMILES string of the molecule is CN(CCOc1cccc(N)c1)C1CCCCCC1. The Bertz CT molecular complexity index is 373. The van der Waals surface area contributed by atoms with Gasteiger partial charge in [0, 0.05) is 24.3 Å². The number of hydrogen-bond donors (Lipinski definition) is 1. The molecule has 2 N–H and O–H groups in total. The van der Waals surface area contributed by atoms with Gasteiger partial charge in [-0.15, -0.1) is 0 Å². The van der Waals surface area contributed by atoms with Gasteiger partial charge >= 0.3 is 0 Å². The van der Waals surface area contributed by atoms with Crippen LogP contribution in [0.4, 0.5) is 5.69 Å². The molecular formula is C16H26N2O. The lowest BCUT2D eigenvalue weighted by Gasteiger charge is -2.26.